The van der Waals surface area contributed by atoms with Crippen molar-refractivity contribution in [3.63, 3.8) is 0 Å². The van der Waals surface area contributed by atoms with Gasteiger partial charge in [0, 0.05) is 24.9 Å². The fourth-order valence-electron chi connectivity index (χ4n) is 1.49. The van der Waals surface area contributed by atoms with Gasteiger partial charge in [0.25, 0.3) is 0 Å². The monoisotopic (exact) mass is 285 g/mol. The van der Waals surface area contributed by atoms with Crippen molar-refractivity contribution in [3.05, 3.63) is 18.0 Å². The zero-order valence-corrected chi connectivity index (χ0v) is 12.0. The van der Waals surface area contributed by atoms with Crippen LogP contribution in [-0.2, 0) is 20.9 Å². The van der Waals surface area contributed by atoms with E-state index in [-0.39, 0.29) is 24.7 Å². The molecular weight excluding hydrogens is 266 g/mol. The van der Waals surface area contributed by atoms with Crippen LogP contribution in [0, 0.1) is 6.92 Å². The minimum absolute atomic E-state index is 0.214. The molecule has 1 amide bonds. The van der Waals surface area contributed by atoms with Crippen molar-refractivity contribution in [2.75, 3.05) is 12.4 Å². The van der Waals surface area contributed by atoms with Gasteiger partial charge in [-0.25, -0.2) is 4.79 Å². The highest BCUT2D eigenvalue weighted by atomic mass is 32.1. The summed E-state index contributed by atoms with van der Waals surface area (Å²) in [6, 6.07) is -0.699. The summed E-state index contributed by atoms with van der Waals surface area (Å²) in [6.07, 6.45) is 3.84. The molecule has 0 saturated carbocycles. The van der Waals surface area contributed by atoms with Crippen molar-refractivity contribution in [3.8, 4) is 0 Å². The highest BCUT2D eigenvalue weighted by Crippen LogP contribution is 1.98. The second-order valence-electron chi connectivity index (χ2n) is 4.09. The predicted molar refractivity (Wildman–Crippen MR) is 74.0 cm³/mol. The van der Waals surface area contributed by atoms with Crippen LogP contribution in [0.1, 0.15) is 18.9 Å². The SMILES string of the molecule is CCOC(=O)[C@H](CS)NC(=O)CCn1cc(C)cn1. The first kappa shape index (κ1) is 15.6. The topological polar surface area (TPSA) is 73.2 Å². The molecule has 0 bridgehead atoms. The van der Waals surface area contributed by atoms with Gasteiger partial charge in [-0.3, -0.25) is 9.48 Å². The van der Waals surface area contributed by atoms with Gasteiger partial charge in [-0.2, -0.15) is 17.7 Å². The summed E-state index contributed by atoms with van der Waals surface area (Å²) in [4.78, 5) is 23.2. The Morgan fingerprint density at radius 3 is 2.84 bits per heavy atom. The Hall–Kier alpha value is -1.50. The number of nitrogens with zero attached hydrogens (tertiary/aromatic N) is 2. The Morgan fingerprint density at radius 2 is 2.32 bits per heavy atom. The maximum atomic E-state index is 11.7. The first-order chi connectivity index (χ1) is 9.06. The van der Waals surface area contributed by atoms with E-state index < -0.39 is 12.0 Å². The number of carbonyl (C=O) groups is 2. The molecule has 0 aromatic carbocycles. The summed E-state index contributed by atoms with van der Waals surface area (Å²) in [5.74, 6) is -0.466. The maximum Gasteiger partial charge on any atom is 0.329 e. The molecule has 0 unspecified atom stereocenters. The van der Waals surface area contributed by atoms with Gasteiger partial charge in [-0.15, -0.1) is 0 Å². The van der Waals surface area contributed by atoms with Gasteiger partial charge in [0.1, 0.15) is 6.04 Å². The quantitative estimate of drug-likeness (QED) is 0.567. The minimum atomic E-state index is -0.699. The Kier molecular flexibility index (Phi) is 6.41. The van der Waals surface area contributed by atoms with Crippen LogP contribution in [0.25, 0.3) is 0 Å². The summed E-state index contributed by atoms with van der Waals surface area (Å²) in [5, 5.41) is 6.68. The van der Waals surface area contributed by atoms with Crippen LogP contribution >= 0.6 is 12.6 Å². The van der Waals surface area contributed by atoms with E-state index in [1.807, 2.05) is 13.1 Å². The molecule has 19 heavy (non-hydrogen) atoms. The van der Waals surface area contributed by atoms with Gasteiger partial charge in [-0.1, -0.05) is 0 Å². The lowest BCUT2D eigenvalue weighted by Gasteiger charge is -2.14. The van der Waals surface area contributed by atoms with Crippen LogP contribution < -0.4 is 5.32 Å². The minimum Gasteiger partial charge on any atom is -0.464 e. The molecule has 1 N–H and O–H groups in total. The van der Waals surface area contributed by atoms with E-state index in [9.17, 15) is 9.59 Å². The van der Waals surface area contributed by atoms with E-state index in [1.165, 1.54) is 0 Å². The fraction of sp³-hybridized carbons (Fsp3) is 0.583. The zero-order chi connectivity index (χ0) is 14.3. The van der Waals surface area contributed by atoms with Crippen molar-refractivity contribution in [2.45, 2.75) is 32.9 Å². The molecule has 106 valence electrons. The van der Waals surface area contributed by atoms with Crippen molar-refractivity contribution < 1.29 is 14.3 Å². The maximum absolute atomic E-state index is 11.7. The third kappa shape index (κ3) is 5.34. The Labute approximate surface area is 117 Å². The van der Waals surface area contributed by atoms with E-state index in [0.29, 0.717) is 6.54 Å². The summed E-state index contributed by atoms with van der Waals surface area (Å²) < 4.78 is 6.53. The lowest BCUT2D eigenvalue weighted by molar-refractivity contribution is -0.146. The average Bonchev–Trinajstić information content (AvgIpc) is 2.79. The third-order valence-electron chi connectivity index (χ3n) is 2.42. The highest BCUT2D eigenvalue weighted by molar-refractivity contribution is 7.80. The number of hydrogen-bond donors (Lipinski definition) is 2. The third-order valence-corrected chi connectivity index (χ3v) is 2.78. The first-order valence-corrected chi connectivity index (χ1v) is 6.76. The summed E-state index contributed by atoms with van der Waals surface area (Å²) >= 11 is 4.03. The van der Waals surface area contributed by atoms with Crippen LogP contribution in [0.15, 0.2) is 12.4 Å². The zero-order valence-electron chi connectivity index (χ0n) is 11.1. The van der Waals surface area contributed by atoms with Crippen molar-refractivity contribution >= 4 is 24.5 Å². The number of esters is 1. The lowest BCUT2D eigenvalue weighted by atomic mass is 10.3. The number of amides is 1. The second kappa shape index (κ2) is 7.83. The first-order valence-electron chi connectivity index (χ1n) is 6.12. The highest BCUT2D eigenvalue weighted by Gasteiger charge is 2.20. The molecule has 0 radical (unpaired) electrons. The standard InChI is InChI=1S/C12H19N3O3S/c1-3-18-12(17)10(8-19)14-11(16)4-5-15-7-9(2)6-13-15/h6-7,10,19H,3-5,8H2,1-2H3,(H,14,16)/t10-/m0/s1. The molecular formula is C12H19N3O3S. The Bertz CT molecular complexity index is 434. The van der Waals surface area contributed by atoms with Gasteiger partial charge >= 0.3 is 5.97 Å². The molecule has 1 aromatic heterocycles. The molecule has 0 spiro atoms. The van der Waals surface area contributed by atoms with Gasteiger partial charge in [0.2, 0.25) is 5.91 Å². The molecule has 0 saturated heterocycles. The molecule has 0 aliphatic heterocycles. The van der Waals surface area contributed by atoms with E-state index in [0.717, 1.165) is 5.56 Å². The summed E-state index contributed by atoms with van der Waals surface area (Å²) in [7, 11) is 0. The molecule has 0 aliphatic rings. The predicted octanol–water partition coefficient (Wildman–Crippen LogP) is 0.559. The number of aromatic nitrogens is 2. The average molecular weight is 285 g/mol. The second-order valence-corrected chi connectivity index (χ2v) is 4.45. The van der Waals surface area contributed by atoms with Gasteiger partial charge in [0.05, 0.1) is 12.8 Å². The number of aryl methyl sites for hydroxylation is 2. The normalized spacial score (nSPS) is 11.9. The summed E-state index contributed by atoms with van der Waals surface area (Å²) in [5.41, 5.74) is 1.04. The van der Waals surface area contributed by atoms with Gasteiger partial charge in [0.15, 0.2) is 0 Å². The summed E-state index contributed by atoms with van der Waals surface area (Å²) in [6.45, 7) is 4.41. The molecule has 7 heteroatoms. The van der Waals surface area contributed by atoms with Crippen molar-refractivity contribution in [1.82, 2.24) is 15.1 Å². The van der Waals surface area contributed by atoms with E-state index >= 15 is 0 Å². The van der Waals surface area contributed by atoms with Crippen LogP contribution in [0.3, 0.4) is 0 Å². The van der Waals surface area contributed by atoms with Crippen LogP contribution in [0.4, 0.5) is 0 Å². The van der Waals surface area contributed by atoms with Gasteiger partial charge < -0.3 is 10.1 Å². The van der Waals surface area contributed by atoms with E-state index in [4.69, 9.17) is 4.74 Å². The number of thiol groups is 1. The molecule has 1 rings (SSSR count). The van der Waals surface area contributed by atoms with Gasteiger partial charge in [-0.05, 0) is 19.4 Å². The number of carbonyl (C=O) groups excluding carboxylic acids is 2. The number of hydrogen-bond acceptors (Lipinski definition) is 5. The van der Waals surface area contributed by atoms with Crippen LogP contribution in [0.2, 0.25) is 0 Å². The van der Waals surface area contributed by atoms with Crippen molar-refractivity contribution in [1.29, 1.82) is 0 Å². The molecule has 6 nitrogen and oxygen atoms in total. The Morgan fingerprint density at radius 1 is 1.58 bits per heavy atom. The smallest absolute Gasteiger partial charge is 0.329 e. The molecule has 1 atom stereocenters. The molecule has 1 aromatic rings. The number of ether oxygens (including phenoxy) is 1. The Balaban J connectivity index is 2.38. The van der Waals surface area contributed by atoms with E-state index in [1.54, 1.807) is 17.8 Å². The lowest BCUT2D eigenvalue weighted by Crippen LogP contribution is -2.43. The van der Waals surface area contributed by atoms with E-state index in [2.05, 4.69) is 23.0 Å². The van der Waals surface area contributed by atoms with Crippen molar-refractivity contribution in [2.24, 2.45) is 0 Å². The molecule has 1 heterocycles. The number of rotatable bonds is 7. The van der Waals surface area contributed by atoms with Crippen LogP contribution in [0.5, 0.6) is 0 Å². The largest absolute Gasteiger partial charge is 0.464 e. The fourth-order valence-corrected chi connectivity index (χ4v) is 1.73. The molecule has 0 fully saturated rings. The number of nitrogens with one attached hydrogen (secondary N) is 1. The van der Waals surface area contributed by atoms with Crippen LogP contribution in [-0.4, -0.2) is 40.1 Å². The molecule has 0 aliphatic carbocycles.